The molecule has 0 spiro atoms. The molecule has 0 radical (unpaired) electrons. The van der Waals surface area contributed by atoms with E-state index in [1.54, 1.807) is 24.3 Å². The number of hydrogen-bond donors (Lipinski definition) is 2. The van der Waals surface area contributed by atoms with Crippen molar-refractivity contribution in [2.24, 2.45) is 0 Å². The number of halogens is 1. The van der Waals surface area contributed by atoms with E-state index in [-0.39, 0.29) is 17.2 Å². The molecule has 1 aromatic heterocycles. The molecule has 2 N–H and O–H groups in total. The van der Waals surface area contributed by atoms with Crippen molar-refractivity contribution >= 4 is 22.5 Å². The Labute approximate surface area is 119 Å². The number of aromatic hydroxyl groups is 2. The Balaban J connectivity index is 2.48. The van der Waals surface area contributed by atoms with E-state index in [2.05, 4.69) is 0 Å². The number of pyridine rings is 1. The van der Waals surface area contributed by atoms with Crippen molar-refractivity contribution in [2.75, 3.05) is 0 Å². The van der Waals surface area contributed by atoms with E-state index in [1.807, 2.05) is 0 Å². The third kappa shape index (κ3) is 1.90. The highest BCUT2D eigenvalue weighted by Crippen LogP contribution is 2.29. The smallest absolute Gasteiger partial charge is 0.259 e. The molecule has 5 heteroatoms. The maximum atomic E-state index is 12.2. The monoisotopic (exact) mass is 287 g/mol. The standard InChI is InChI=1S/C15H10ClNO3/c16-9-5-6-13(18)12(7-9)17-11-4-2-1-3-10(11)14(19)8-15(17)20/h1-8,18-19H. The Kier molecular flexibility index (Phi) is 2.88. The summed E-state index contributed by atoms with van der Waals surface area (Å²) in [6.07, 6.45) is 0. The van der Waals surface area contributed by atoms with Gasteiger partial charge in [-0.15, -0.1) is 0 Å². The number of fused-ring (bicyclic) bond motifs is 1. The van der Waals surface area contributed by atoms with Gasteiger partial charge in [0.1, 0.15) is 11.5 Å². The minimum atomic E-state index is -0.446. The number of phenols is 1. The molecule has 0 aliphatic rings. The van der Waals surface area contributed by atoms with E-state index in [0.29, 0.717) is 15.9 Å². The third-order valence-electron chi connectivity index (χ3n) is 3.08. The summed E-state index contributed by atoms with van der Waals surface area (Å²) >= 11 is 5.93. The molecule has 4 nitrogen and oxygen atoms in total. The molecular weight excluding hydrogens is 278 g/mol. The van der Waals surface area contributed by atoms with Crippen LogP contribution in [0, 0.1) is 0 Å². The van der Waals surface area contributed by atoms with E-state index in [0.717, 1.165) is 6.07 Å². The van der Waals surface area contributed by atoms with Crippen molar-refractivity contribution in [1.82, 2.24) is 4.57 Å². The largest absolute Gasteiger partial charge is 0.507 e. The van der Waals surface area contributed by atoms with Gasteiger partial charge in [0.15, 0.2) is 0 Å². The topological polar surface area (TPSA) is 62.5 Å². The summed E-state index contributed by atoms with van der Waals surface area (Å²) in [7, 11) is 0. The Morgan fingerprint density at radius 1 is 0.950 bits per heavy atom. The molecule has 0 aliphatic carbocycles. The van der Waals surface area contributed by atoms with Gasteiger partial charge in [0.25, 0.3) is 5.56 Å². The van der Waals surface area contributed by atoms with Gasteiger partial charge in [-0.05, 0) is 30.3 Å². The molecule has 2 aromatic carbocycles. The number of hydrogen-bond acceptors (Lipinski definition) is 3. The molecule has 0 fully saturated rings. The summed E-state index contributed by atoms with van der Waals surface area (Å²) in [5, 5.41) is 20.7. The van der Waals surface area contributed by atoms with Crippen molar-refractivity contribution in [3.63, 3.8) is 0 Å². The van der Waals surface area contributed by atoms with Crippen molar-refractivity contribution in [3.8, 4) is 17.2 Å². The van der Waals surface area contributed by atoms with Gasteiger partial charge in [0, 0.05) is 16.5 Å². The highest BCUT2D eigenvalue weighted by atomic mass is 35.5. The van der Waals surface area contributed by atoms with Crippen molar-refractivity contribution in [2.45, 2.75) is 0 Å². The maximum absolute atomic E-state index is 12.2. The van der Waals surface area contributed by atoms with Crippen LogP contribution >= 0.6 is 11.6 Å². The van der Waals surface area contributed by atoms with Gasteiger partial charge in [-0.1, -0.05) is 23.7 Å². The fourth-order valence-corrected chi connectivity index (χ4v) is 2.35. The predicted molar refractivity (Wildman–Crippen MR) is 77.9 cm³/mol. The summed E-state index contributed by atoms with van der Waals surface area (Å²) in [6, 6.07) is 12.5. The van der Waals surface area contributed by atoms with Gasteiger partial charge in [-0.25, -0.2) is 0 Å². The lowest BCUT2D eigenvalue weighted by molar-refractivity contribution is 0.470. The molecule has 0 aliphatic heterocycles. The van der Waals surface area contributed by atoms with E-state index in [4.69, 9.17) is 11.6 Å². The van der Waals surface area contributed by atoms with Gasteiger partial charge in [0.05, 0.1) is 11.2 Å². The van der Waals surface area contributed by atoms with Crippen LogP contribution in [0.2, 0.25) is 5.02 Å². The molecule has 0 saturated heterocycles. The van der Waals surface area contributed by atoms with Crippen LogP contribution in [-0.4, -0.2) is 14.8 Å². The highest BCUT2D eigenvalue weighted by Gasteiger charge is 2.12. The minimum Gasteiger partial charge on any atom is -0.507 e. The molecule has 0 bridgehead atoms. The van der Waals surface area contributed by atoms with Gasteiger partial charge in [0.2, 0.25) is 0 Å². The van der Waals surface area contributed by atoms with Crippen LogP contribution in [0.15, 0.2) is 53.3 Å². The molecule has 0 unspecified atom stereocenters. The zero-order valence-electron chi connectivity index (χ0n) is 10.2. The Hall–Kier alpha value is -2.46. The zero-order chi connectivity index (χ0) is 14.3. The van der Waals surface area contributed by atoms with Crippen LogP contribution < -0.4 is 5.56 Å². The molecule has 3 aromatic rings. The van der Waals surface area contributed by atoms with Crippen molar-refractivity contribution in [1.29, 1.82) is 0 Å². The molecular formula is C15H10ClNO3. The summed E-state index contributed by atoms with van der Waals surface area (Å²) in [5.41, 5.74) is 0.326. The summed E-state index contributed by atoms with van der Waals surface area (Å²) in [6.45, 7) is 0. The molecule has 1 heterocycles. The van der Waals surface area contributed by atoms with Gasteiger partial charge < -0.3 is 10.2 Å². The number of para-hydroxylation sites is 1. The first-order valence-corrected chi connectivity index (χ1v) is 6.28. The predicted octanol–water partition coefficient (Wildman–Crippen LogP) is 3.06. The lowest BCUT2D eigenvalue weighted by Crippen LogP contribution is -2.17. The second kappa shape index (κ2) is 4.58. The van der Waals surface area contributed by atoms with Crippen LogP contribution in [0.4, 0.5) is 0 Å². The minimum absolute atomic E-state index is 0.0626. The Morgan fingerprint density at radius 3 is 2.50 bits per heavy atom. The second-order valence-corrected chi connectivity index (χ2v) is 4.79. The fourth-order valence-electron chi connectivity index (χ4n) is 2.19. The number of rotatable bonds is 1. The first-order chi connectivity index (χ1) is 9.58. The highest BCUT2D eigenvalue weighted by molar-refractivity contribution is 6.30. The summed E-state index contributed by atoms with van der Waals surface area (Å²) in [4.78, 5) is 12.2. The van der Waals surface area contributed by atoms with E-state index in [1.165, 1.54) is 22.8 Å². The van der Waals surface area contributed by atoms with Gasteiger partial charge >= 0.3 is 0 Å². The number of aromatic nitrogens is 1. The average Bonchev–Trinajstić information content (AvgIpc) is 2.43. The lowest BCUT2D eigenvalue weighted by atomic mass is 10.2. The van der Waals surface area contributed by atoms with Crippen LogP contribution in [0.1, 0.15) is 0 Å². The first kappa shape index (κ1) is 12.6. The number of benzene rings is 2. The van der Waals surface area contributed by atoms with E-state index >= 15 is 0 Å². The van der Waals surface area contributed by atoms with Crippen molar-refractivity contribution in [3.05, 3.63) is 63.9 Å². The van der Waals surface area contributed by atoms with Gasteiger partial charge in [-0.2, -0.15) is 0 Å². The number of phenolic OH excluding ortho intramolecular Hbond substituents is 1. The van der Waals surface area contributed by atoms with Crippen LogP contribution in [0.25, 0.3) is 16.6 Å². The first-order valence-electron chi connectivity index (χ1n) is 5.90. The SMILES string of the molecule is O=c1cc(O)c2ccccc2n1-c1cc(Cl)ccc1O. The number of nitrogens with zero attached hydrogens (tertiary/aromatic N) is 1. The molecule has 3 rings (SSSR count). The molecule has 0 saturated carbocycles. The van der Waals surface area contributed by atoms with Crippen LogP contribution in [-0.2, 0) is 0 Å². The quantitative estimate of drug-likeness (QED) is 0.723. The molecule has 0 atom stereocenters. The van der Waals surface area contributed by atoms with E-state index in [9.17, 15) is 15.0 Å². The van der Waals surface area contributed by atoms with Crippen molar-refractivity contribution < 1.29 is 10.2 Å². The van der Waals surface area contributed by atoms with Gasteiger partial charge in [-0.3, -0.25) is 9.36 Å². The summed E-state index contributed by atoms with van der Waals surface area (Å²) in [5.74, 6) is -0.157. The van der Waals surface area contributed by atoms with E-state index < -0.39 is 5.56 Å². The fraction of sp³-hybridized carbons (Fsp3) is 0. The van der Waals surface area contributed by atoms with Crippen LogP contribution in [0.3, 0.4) is 0 Å². The Bertz CT molecular complexity index is 871. The normalized spacial score (nSPS) is 10.8. The molecule has 0 amide bonds. The lowest BCUT2D eigenvalue weighted by Gasteiger charge is -2.12. The average molecular weight is 288 g/mol. The second-order valence-electron chi connectivity index (χ2n) is 4.35. The zero-order valence-corrected chi connectivity index (χ0v) is 11.0. The van der Waals surface area contributed by atoms with Crippen LogP contribution in [0.5, 0.6) is 11.5 Å². The third-order valence-corrected chi connectivity index (χ3v) is 3.31. The summed E-state index contributed by atoms with van der Waals surface area (Å²) < 4.78 is 1.32. The molecule has 100 valence electrons. The Morgan fingerprint density at radius 2 is 1.70 bits per heavy atom. The maximum Gasteiger partial charge on any atom is 0.259 e. The molecule has 20 heavy (non-hydrogen) atoms.